The van der Waals surface area contributed by atoms with E-state index in [0.717, 1.165) is 31.4 Å². The zero-order valence-corrected chi connectivity index (χ0v) is 14.7. The Labute approximate surface area is 155 Å². The Morgan fingerprint density at radius 2 is 1.85 bits per heavy atom. The first-order valence-electron chi connectivity index (χ1n) is 9.25. The zero-order chi connectivity index (χ0) is 19.2. The molecular weight excluding hydrogens is 361 g/mol. The van der Waals surface area contributed by atoms with E-state index in [-0.39, 0.29) is 35.4 Å². The molecule has 2 unspecified atom stereocenters. The van der Waals surface area contributed by atoms with E-state index in [4.69, 9.17) is 0 Å². The van der Waals surface area contributed by atoms with Crippen molar-refractivity contribution in [2.75, 3.05) is 19.6 Å². The number of nitrogens with zero attached hydrogens (tertiary/aromatic N) is 2. The van der Waals surface area contributed by atoms with Crippen LogP contribution in [0.1, 0.15) is 36.0 Å². The van der Waals surface area contributed by atoms with E-state index in [2.05, 4.69) is 4.74 Å². The molecule has 1 aromatic rings. The van der Waals surface area contributed by atoms with Crippen molar-refractivity contribution in [3.63, 3.8) is 0 Å². The molecule has 2 amide bonds. The number of alkyl halides is 3. The molecule has 0 saturated carbocycles. The van der Waals surface area contributed by atoms with Gasteiger partial charge in [0.05, 0.1) is 0 Å². The lowest BCUT2D eigenvalue weighted by atomic mass is 9.76. The first-order chi connectivity index (χ1) is 12.8. The second-order valence-corrected chi connectivity index (χ2v) is 7.65. The number of hydrogen-bond acceptors (Lipinski definition) is 3. The summed E-state index contributed by atoms with van der Waals surface area (Å²) in [4.78, 5) is 28.8. The number of benzene rings is 1. The lowest BCUT2D eigenvalue weighted by Crippen LogP contribution is -2.61. The molecule has 5 nitrogen and oxygen atoms in total. The summed E-state index contributed by atoms with van der Waals surface area (Å²) in [6.45, 7) is 1.86. The number of amides is 2. The highest BCUT2D eigenvalue weighted by Crippen LogP contribution is 2.38. The van der Waals surface area contributed by atoms with Crippen molar-refractivity contribution < 1.29 is 27.5 Å². The standard InChI is InChI=1S/C19H21F3N2O3/c20-19(21,22)27-15-6-4-13(5-7-15)18(26)23-9-12-8-14(11-23)16-2-1-3-17(25)24(16)10-12/h4-7,12,14,16H,1-3,8-11H2/t12?,14?,16-/m1/s1. The number of fused-ring (bicyclic) bond motifs is 4. The molecule has 27 heavy (non-hydrogen) atoms. The molecule has 8 heteroatoms. The summed E-state index contributed by atoms with van der Waals surface area (Å²) >= 11 is 0. The molecule has 0 spiro atoms. The van der Waals surface area contributed by atoms with E-state index < -0.39 is 6.36 Å². The van der Waals surface area contributed by atoms with E-state index in [1.54, 1.807) is 4.90 Å². The van der Waals surface area contributed by atoms with Crippen LogP contribution in [0.4, 0.5) is 13.2 Å². The van der Waals surface area contributed by atoms with Gasteiger partial charge in [0, 0.05) is 37.7 Å². The van der Waals surface area contributed by atoms with Crippen LogP contribution in [0.5, 0.6) is 5.75 Å². The van der Waals surface area contributed by atoms with E-state index >= 15 is 0 Å². The van der Waals surface area contributed by atoms with Gasteiger partial charge >= 0.3 is 6.36 Å². The summed E-state index contributed by atoms with van der Waals surface area (Å²) in [5, 5.41) is 0. The molecule has 3 fully saturated rings. The number of ether oxygens (including phenoxy) is 1. The number of carbonyl (C=O) groups excluding carboxylic acids is 2. The fourth-order valence-electron chi connectivity index (χ4n) is 4.76. The highest BCUT2D eigenvalue weighted by molar-refractivity contribution is 5.94. The predicted molar refractivity (Wildman–Crippen MR) is 90.0 cm³/mol. The number of halogens is 3. The average Bonchev–Trinajstić information content (AvgIpc) is 2.61. The zero-order valence-electron chi connectivity index (χ0n) is 14.7. The van der Waals surface area contributed by atoms with Crippen molar-refractivity contribution >= 4 is 11.8 Å². The molecule has 3 aliphatic heterocycles. The van der Waals surface area contributed by atoms with Crippen molar-refractivity contribution in [1.82, 2.24) is 9.80 Å². The maximum absolute atomic E-state index is 12.8. The van der Waals surface area contributed by atoms with Crippen LogP contribution in [0.3, 0.4) is 0 Å². The molecule has 1 aromatic carbocycles. The number of rotatable bonds is 2. The van der Waals surface area contributed by atoms with Crippen LogP contribution >= 0.6 is 0 Å². The van der Waals surface area contributed by atoms with Crippen molar-refractivity contribution in [2.24, 2.45) is 11.8 Å². The Morgan fingerprint density at radius 1 is 1.11 bits per heavy atom. The average molecular weight is 382 g/mol. The van der Waals surface area contributed by atoms with Crippen LogP contribution in [0.25, 0.3) is 0 Å². The highest BCUT2D eigenvalue weighted by atomic mass is 19.4. The normalized spacial score (nSPS) is 28.0. The van der Waals surface area contributed by atoms with Gasteiger partial charge < -0.3 is 14.5 Å². The molecule has 0 N–H and O–H groups in total. The summed E-state index contributed by atoms with van der Waals surface area (Å²) < 4.78 is 40.6. The molecule has 3 saturated heterocycles. The third kappa shape index (κ3) is 3.75. The Kier molecular flexibility index (Phi) is 4.52. The molecule has 2 bridgehead atoms. The van der Waals surface area contributed by atoms with Gasteiger partial charge in [-0.05, 0) is 55.4 Å². The van der Waals surface area contributed by atoms with E-state index in [1.165, 1.54) is 12.1 Å². The largest absolute Gasteiger partial charge is 0.573 e. The fourth-order valence-corrected chi connectivity index (χ4v) is 4.76. The molecule has 0 aliphatic carbocycles. The molecular formula is C19H21F3N2O3. The second kappa shape index (κ2) is 6.73. The maximum atomic E-state index is 12.8. The summed E-state index contributed by atoms with van der Waals surface area (Å²) in [6, 6.07) is 5.26. The van der Waals surface area contributed by atoms with Crippen LogP contribution in [0, 0.1) is 11.8 Å². The molecule has 3 aliphatic rings. The highest BCUT2D eigenvalue weighted by Gasteiger charge is 2.44. The van der Waals surface area contributed by atoms with Gasteiger partial charge in [-0.1, -0.05) is 0 Å². The SMILES string of the molecule is O=C(c1ccc(OC(F)(F)F)cc1)N1CC2CC(C1)[C@H]1CCCC(=O)N1C2. The topological polar surface area (TPSA) is 49.9 Å². The van der Waals surface area contributed by atoms with Gasteiger partial charge in [0.2, 0.25) is 5.91 Å². The van der Waals surface area contributed by atoms with E-state index in [9.17, 15) is 22.8 Å². The van der Waals surface area contributed by atoms with Crippen molar-refractivity contribution in [2.45, 2.75) is 38.1 Å². The number of piperidine rings is 3. The molecule has 146 valence electrons. The Morgan fingerprint density at radius 3 is 2.56 bits per heavy atom. The third-order valence-electron chi connectivity index (χ3n) is 5.80. The van der Waals surface area contributed by atoms with Gasteiger partial charge in [-0.25, -0.2) is 0 Å². The first kappa shape index (κ1) is 18.1. The minimum atomic E-state index is -4.75. The van der Waals surface area contributed by atoms with Gasteiger partial charge in [0.1, 0.15) is 5.75 Å². The van der Waals surface area contributed by atoms with Crippen LogP contribution in [0.2, 0.25) is 0 Å². The Balaban J connectivity index is 1.45. The fraction of sp³-hybridized carbons (Fsp3) is 0.579. The predicted octanol–water partition coefficient (Wildman–Crippen LogP) is 3.06. The molecule has 3 heterocycles. The lowest BCUT2D eigenvalue weighted by molar-refractivity contribution is -0.274. The molecule has 3 atom stereocenters. The first-order valence-corrected chi connectivity index (χ1v) is 9.25. The van der Waals surface area contributed by atoms with Gasteiger partial charge in [0.25, 0.3) is 5.91 Å². The van der Waals surface area contributed by atoms with Crippen molar-refractivity contribution in [3.8, 4) is 5.75 Å². The Hall–Kier alpha value is -2.25. The van der Waals surface area contributed by atoms with Crippen LogP contribution < -0.4 is 4.74 Å². The quantitative estimate of drug-likeness (QED) is 0.790. The summed E-state index contributed by atoms with van der Waals surface area (Å²) in [6.07, 6.45) is -1.23. The molecule has 0 radical (unpaired) electrons. The second-order valence-electron chi connectivity index (χ2n) is 7.65. The number of hydrogen-bond donors (Lipinski definition) is 0. The molecule has 4 rings (SSSR count). The maximum Gasteiger partial charge on any atom is 0.573 e. The van der Waals surface area contributed by atoms with Gasteiger partial charge in [-0.3, -0.25) is 9.59 Å². The monoisotopic (exact) mass is 382 g/mol. The van der Waals surface area contributed by atoms with E-state index in [0.29, 0.717) is 31.6 Å². The van der Waals surface area contributed by atoms with Crippen LogP contribution in [-0.4, -0.2) is 53.7 Å². The van der Waals surface area contributed by atoms with Crippen LogP contribution in [-0.2, 0) is 4.79 Å². The van der Waals surface area contributed by atoms with Gasteiger partial charge in [-0.15, -0.1) is 13.2 Å². The van der Waals surface area contributed by atoms with Crippen LogP contribution in [0.15, 0.2) is 24.3 Å². The molecule has 0 aromatic heterocycles. The number of likely N-dealkylation sites (tertiary alicyclic amines) is 1. The smallest absolute Gasteiger partial charge is 0.406 e. The van der Waals surface area contributed by atoms with Crippen molar-refractivity contribution in [3.05, 3.63) is 29.8 Å². The van der Waals surface area contributed by atoms with Crippen molar-refractivity contribution in [1.29, 1.82) is 0 Å². The minimum absolute atomic E-state index is 0.182. The van der Waals surface area contributed by atoms with E-state index in [1.807, 2.05) is 4.90 Å². The number of carbonyl (C=O) groups is 2. The minimum Gasteiger partial charge on any atom is -0.406 e. The Bertz CT molecular complexity index is 735. The lowest BCUT2D eigenvalue weighted by Gasteiger charge is -2.52. The van der Waals surface area contributed by atoms with Gasteiger partial charge in [0.15, 0.2) is 0 Å². The summed E-state index contributed by atoms with van der Waals surface area (Å²) in [7, 11) is 0. The third-order valence-corrected chi connectivity index (χ3v) is 5.80. The van der Waals surface area contributed by atoms with Gasteiger partial charge in [-0.2, -0.15) is 0 Å². The summed E-state index contributed by atoms with van der Waals surface area (Å²) in [5.74, 6) is 0.239. The summed E-state index contributed by atoms with van der Waals surface area (Å²) in [5.41, 5.74) is 0.348.